The molecule has 0 amide bonds. The Kier molecular flexibility index (Phi) is 10.2. The topological polar surface area (TPSA) is 150 Å². The molecule has 3 aromatic rings. The van der Waals surface area contributed by atoms with Crippen molar-refractivity contribution in [3.63, 3.8) is 0 Å². The number of carbonyl (C=O) groups excluding carboxylic acids is 4. The standard InChI is InChI=1S/C29H30N4O9S/c1-17(34)38-16-23-24(39-18(2)35)25(40-19(3)36)26(41-20(4)37)28(42-23)33-29(43)32(30-15-21-11-7-5-8-12-21)27(31-33)22-13-9-6-10-14-22/h5-15,23-26,28H,16H2,1-4H3/b30-15+/t23-,24-,25+,26-,28-/m1/s1. The zero-order chi connectivity index (χ0) is 31.1. The summed E-state index contributed by atoms with van der Waals surface area (Å²) < 4.78 is 30.7. The lowest BCUT2D eigenvalue weighted by Crippen LogP contribution is -2.60. The van der Waals surface area contributed by atoms with Crippen LogP contribution >= 0.6 is 12.2 Å². The Hall–Kier alpha value is -4.69. The molecule has 14 heteroatoms. The summed E-state index contributed by atoms with van der Waals surface area (Å²) in [5.41, 5.74) is 1.45. The van der Waals surface area contributed by atoms with Crippen molar-refractivity contribution in [1.82, 2.24) is 14.5 Å². The lowest BCUT2D eigenvalue weighted by Gasteiger charge is -2.44. The third-order valence-electron chi connectivity index (χ3n) is 6.14. The van der Waals surface area contributed by atoms with E-state index < -0.39 is 54.5 Å². The van der Waals surface area contributed by atoms with E-state index in [1.165, 1.54) is 16.3 Å². The van der Waals surface area contributed by atoms with E-state index in [-0.39, 0.29) is 11.4 Å². The van der Waals surface area contributed by atoms with Crippen LogP contribution in [-0.2, 0) is 42.9 Å². The maximum atomic E-state index is 12.3. The number of aromatic nitrogens is 3. The van der Waals surface area contributed by atoms with Gasteiger partial charge in [-0.1, -0.05) is 60.7 Å². The van der Waals surface area contributed by atoms with Crippen molar-refractivity contribution >= 4 is 42.3 Å². The zero-order valence-electron chi connectivity index (χ0n) is 23.8. The second kappa shape index (κ2) is 14.0. The molecule has 0 saturated carbocycles. The van der Waals surface area contributed by atoms with Crippen LogP contribution in [0.4, 0.5) is 0 Å². The van der Waals surface area contributed by atoms with E-state index >= 15 is 0 Å². The van der Waals surface area contributed by atoms with Gasteiger partial charge in [0.25, 0.3) is 0 Å². The molecule has 2 aromatic carbocycles. The second-order valence-corrected chi connectivity index (χ2v) is 9.84. The first-order valence-corrected chi connectivity index (χ1v) is 13.6. The predicted molar refractivity (Wildman–Crippen MR) is 153 cm³/mol. The summed E-state index contributed by atoms with van der Waals surface area (Å²) in [5.74, 6) is -2.54. The zero-order valence-corrected chi connectivity index (χ0v) is 24.6. The Morgan fingerprint density at radius 2 is 1.40 bits per heavy atom. The number of hydrogen-bond donors (Lipinski definition) is 0. The van der Waals surface area contributed by atoms with Gasteiger partial charge in [0.05, 0.1) is 6.21 Å². The highest BCUT2D eigenvalue weighted by Gasteiger charge is 2.53. The second-order valence-electron chi connectivity index (χ2n) is 9.47. The summed E-state index contributed by atoms with van der Waals surface area (Å²) in [4.78, 5) is 48.3. The Bertz CT molecular complexity index is 1550. The molecule has 1 fully saturated rings. The largest absolute Gasteiger partial charge is 0.463 e. The van der Waals surface area contributed by atoms with Gasteiger partial charge in [-0.3, -0.25) is 19.2 Å². The van der Waals surface area contributed by atoms with E-state index in [1.807, 2.05) is 60.7 Å². The van der Waals surface area contributed by atoms with Crippen LogP contribution in [0.5, 0.6) is 0 Å². The monoisotopic (exact) mass is 610 g/mol. The van der Waals surface area contributed by atoms with Gasteiger partial charge in [-0.05, 0) is 17.8 Å². The molecule has 0 spiro atoms. The fraction of sp³-hybridized carbons (Fsp3) is 0.345. The van der Waals surface area contributed by atoms with E-state index in [9.17, 15) is 19.2 Å². The average molecular weight is 611 g/mol. The van der Waals surface area contributed by atoms with E-state index in [4.69, 9.17) is 41.0 Å². The van der Waals surface area contributed by atoms with Crippen LogP contribution < -0.4 is 0 Å². The Labute approximate surface area is 251 Å². The van der Waals surface area contributed by atoms with Crippen molar-refractivity contribution in [3.05, 3.63) is 71.0 Å². The van der Waals surface area contributed by atoms with Gasteiger partial charge in [0.1, 0.15) is 12.7 Å². The molecule has 1 aromatic heterocycles. The number of esters is 4. The molecule has 1 saturated heterocycles. The summed E-state index contributed by atoms with van der Waals surface area (Å²) in [5, 5.41) is 9.26. The van der Waals surface area contributed by atoms with Crippen molar-refractivity contribution < 1.29 is 42.9 Å². The van der Waals surface area contributed by atoms with E-state index in [0.717, 1.165) is 26.3 Å². The highest BCUT2D eigenvalue weighted by atomic mass is 32.1. The molecular weight excluding hydrogens is 580 g/mol. The first-order chi connectivity index (χ1) is 20.5. The molecule has 43 heavy (non-hydrogen) atoms. The molecule has 0 aliphatic carbocycles. The molecule has 0 bridgehead atoms. The van der Waals surface area contributed by atoms with Crippen LogP contribution in [0.1, 0.15) is 39.5 Å². The van der Waals surface area contributed by atoms with Crippen molar-refractivity contribution in [2.75, 3.05) is 6.61 Å². The van der Waals surface area contributed by atoms with Crippen LogP contribution in [0.15, 0.2) is 65.8 Å². The van der Waals surface area contributed by atoms with Crippen LogP contribution in [0, 0.1) is 4.77 Å². The predicted octanol–water partition coefficient (Wildman–Crippen LogP) is 3.22. The molecular formula is C29H30N4O9S. The van der Waals surface area contributed by atoms with E-state index in [1.54, 1.807) is 6.21 Å². The summed E-state index contributed by atoms with van der Waals surface area (Å²) in [7, 11) is 0. The van der Waals surface area contributed by atoms with Gasteiger partial charge < -0.3 is 23.7 Å². The van der Waals surface area contributed by atoms with Crippen molar-refractivity contribution in [3.8, 4) is 11.4 Å². The number of hydrogen-bond acceptors (Lipinski definition) is 12. The minimum absolute atomic E-state index is 0.0342. The fourth-order valence-electron chi connectivity index (χ4n) is 4.48. The maximum Gasteiger partial charge on any atom is 0.303 e. The van der Waals surface area contributed by atoms with Gasteiger partial charge in [0.15, 0.2) is 30.4 Å². The van der Waals surface area contributed by atoms with Gasteiger partial charge in [-0.25, -0.2) is 4.68 Å². The lowest BCUT2D eigenvalue weighted by atomic mass is 9.97. The third-order valence-corrected chi connectivity index (χ3v) is 6.50. The number of carbonyl (C=O) groups is 4. The molecule has 5 atom stereocenters. The van der Waals surface area contributed by atoms with Crippen LogP contribution in [0.3, 0.4) is 0 Å². The van der Waals surface area contributed by atoms with Crippen LogP contribution in [-0.4, -0.2) is 75.6 Å². The fourth-order valence-corrected chi connectivity index (χ4v) is 4.76. The van der Waals surface area contributed by atoms with Gasteiger partial charge in [-0.2, -0.15) is 9.78 Å². The molecule has 1 aliphatic heterocycles. The first-order valence-electron chi connectivity index (χ1n) is 13.2. The third kappa shape index (κ3) is 7.78. The van der Waals surface area contributed by atoms with Crippen molar-refractivity contribution in [2.24, 2.45) is 5.10 Å². The summed E-state index contributed by atoms with van der Waals surface area (Å²) in [6.07, 6.45) is -5.00. The Morgan fingerprint density at radius 3 is 1.98 bits per heavy atom. The normalized spacial score (nSPS) is 21.6. The van der Waals surface area contributed by atoms with Crippen molar-refractivity contribution in [2.45, 2.75) is 58.3 Å². The van der Waals surface area contributed by atoms with E-state index in [2.05, 4.69) is 5.10 Å². The van der Waals surface area contributed by atoms with Gasteiger partial charge in [0.2, 0.25) is 4.77 Å². The minimum atomic E-state index is -1.39. The van der Waals surface area contributed by atoms with E-state index in [0.29, 0.717) is 11.4 Å². The highest BCUT2D eigenvalue weighted by Crippen LogP contribution is 2.35. The van der Waals surface area contributed by atoms with Gasteiger partial charge >= 0.3 is 23.9 Å². The molecule has 0 radical (unpaired) electrons. The molecule has 226 valence electrons. The molecule has 1 aliphatic rings. The summed E-state index contributed by atoms with van der Waals surface area (Å²) >= 11 is 5.80. The van der Waals surface area contributed by atoms with Gasteiger partial charge in [-0.15, -0.1) is 5.10 Å². The minimum Gasteiger partial charge on any atom is -0.463 e. The molecule has 0 unspecified atom stereocenters. The molecule has 0 N–H and O–H groups in total. The summed E-state index contributed by atoms with van der Waals surface area (Å²) in [6.45, 7) is 4.26. The molecule has 4 rings (SSSR count). The van der Waals surface area contributed by atoms with Crippen LogP contribution in [0.2, 0.25) is 0 Å². The number of benzene rings is 2. The first kappa shape index (κ1) is 31.3. The van der Waals surface area contributed by atoms with Crippen LogP contribution in [0.25, 0.3) is 11.4 Å². The van der Waals surface area contributed by atoms with Gasteiger partial charge in [0, 0.05) is 33.3 Å². The molecule has 2 heterocycles. The quantitative estimate of drug-likeness (QED) is 0.152. The van der Waals surface area contributed by atoms with Crippen molar-refractivity contribution in [1.29, 1.82) is 0 Å². The smallest absolute Gasteiger partial charge is 0.303 e. The summed E-state index contributed by atoms with van der Waals surface area (Å²) in [6, 6.07) is 18.4. The lowest BCUT2D eigenvalue weighted by molar-refractivity contribution is -0.270. The maximum absolute atomic E-state index is 12.3. The number of ether oxygens (including phenoxy) is 5. The Morgan fingerprint density at radius 1 is 0.837 bits per heavy atom. The highest BCUT2D eigenvalue weighted by molar-refractivity contribution is 7.71. The molecule has 13 nitrogen and oxygen atoms in total. The number of rotatable bonds is 9. The SMILES string of the molecule is CC(=O)OC[C@H]1O[C@@H](n2nc(-c3ccccc3)n(/N=C/c3ccccc3)c2=S)[C@H](OC(C)=O)[C@@H](OC(C)=O)[C@@H]1OC(C)=O. The Balaban J connectivity index is 1.89. The number of nitrogens with zero attached hydrogens (tertiary/aromatic N) is 4. The average Bonchev–Trinajstić information content (AvgIpc) is 3.29.